The molecule has 0 spiro atoms. The van der Waals surface area contributed by atoms with Crippen molar-refractivity contribution in [1.82, 2.24) is 9.97 Å². The zero-order valence-electron chi connectivity index (χ0n) is 11.2. The number of halogens is 2. The summed E-state index contributed by atoms with van der Waals surface area (Å²) in [5.74, 6) is -0.253. The Kier molecular flexibility index (Phi) is 3.99. The minimum atomic E-state index is -0.253. The molecule has 0 amide bonds. The van der Waals surface area contributed by atoms with E-state index in [4.69, 9.17) is 11.6 Å². The quantitative estimate of drug-likeness (QED) is 0.667. The van der Waals surface area contributed by atoms with E-state index in [0.29, 0.717) is 5.02 Å². The standard InChI is InChI=1S/C16H12ClFN2S/c1-21-16-19-14(10-2-6-12(17)7-3-10)15(20-16)11-4-8-13(18)9-5-11/h2-9H,1H3,(H,19,20). The largest absolute Gasteiger partial charge is 0.332 e. The summed E-state index contributed by atoms with van der Waals surface area (Å²) < 4.78 is 13.1. The van der Waals surface area contributed by atoms with Crippen LogP contribution in [0.1, 0.15) is 0 Å². The highest BCUT2D eigenvalue weighted by Crippen LogP contribution is 2.32. The average Bonchev–Trinajstić information content (AvgIpc) is 2.93. The van der Waals surface area contributed by atoms with E-state index < -0.39 is 0 Å². The second-order valence-corrected chi connectivity index (χ2v) is 5.71. The number of hydrogen-bond acceptors (Lipinski definition) is 2. The van der Waals surface area contributed by atoms with Gasteiger partial charge in [-0.3, -0.25) is 0 Å². The van der Waals surface area contributed by atoms with E-state index in [2.05, 4.69) is 9.97 Å². The van der Waals surface area contributed by atoms with E-state index in [-0.39, 0.29) is 5.82 Å². The number of aromatic amines is 1. The number of H-pyrrole nitrogens is 1. The van der Waals surface area contributed by atoms with Crippen LogP contribution in [0.4, 0.5) is 4.39 Å². The maximum absolute atomic E-state index is 13.1. The Hall–Kier alpha value is -1.78. The summed E-state index contributed by atoms with van der Waals surface area (Å²) in [5.41, 5.74) is 3.58. The third-order valence-electron chi connectivity index (χ3n) is 3.13. The number of nitrogens with one attached hydrogen (secondary N) is 1. The van der Waals surface area contributed by atoms with Gasteiger partial charge in [0.05, 0.1) is 11.4 Å². The maximum atomic E-state index is 13.1. The number of imidazole rings is 1. The first kappa shape index (κ1) is 14.2. The van der Waals surface area contributed by atoms with Gasteiger partial charge in [-0.25, -0.2) is 9.37 Å². The molecule has 1 aromatic heterocycles. The number of benzene rings is 2. The van der Waals surface area contributed by atoms with Gasteiger partial charge in [-0.2, -0.15) is 0 Å². The number of nitrogens with zero attached hydrogens (tertiary/aromatic N) is 1. The van der Waals surface area contributed by atoms with Crippen LogP contribution in [0.25, 0.3) is 22.5 Å². The molecular formula is C16H12ClFN2S. The molecule has 0 aliphatic heterocycles. The van der Waals surface area contributed by atoms with Gasteiger partial charge >= 0.3 is 0 Å². The van der Waals surface area contributed by atoms with Crippen LogP contribution in [0.3, 0.4) is 0 Å². The lowest BCUT2D eigenvalue weighted by atomic mass is 10.1. The molecule has 0 atom stereocenters. The van der Waals surface area contributed by atoms with Crippen LogP contribution >= 0.6 is 23.4 Å². The maximum Gasteiger partial charge on any atom is 0.166 e. The zero-order valence-corrected chi connectivity index (χ0v) is 12.8. The molecule has 0 unspecified atom stereocenters. The molecule has 2 aromatic carbocycles. The average molecular weight is 319 g/mol. The number of hydrogen-bond donors (Lipinski definition) is 1. The summed E-state index contributed by atoms with van der Waals surface area (Å²) in [4.78, 5) is 7.87. The van der Waals surface area contributed by atoms with Crippen LogP contribution in [-0.4, -0.2) is 16.2 Å². The van der Waals surface area contributed by atoms with Crippen molar-refractivity contribution in [2.75, 3.05) is 6.26 Å². The summed E-state index contributed by atoms with van der Waals surface area (Å²) >= 11 is 7.46. The van der Waals surface area contributed by atoms with Crippen molar-refractivity contribution in [1.29, 1.82) is 0 Å². The minimum absolute atomic E-state index is 0.253. The van der Waals surface area contributed by atoms with E-state index in [1.54, 1.807) is 12.1 Å². The summed E-state index contributed by atoms with van der Waals surface area (Å²) in [6.07, 6.45) is 1.96. The van der Waals surface area contributed by atoms with Crippen molar-refractivity contribution in [2.24, 2.45) is 0 Å². The highest BCUT2D eigenvalue weighted by molar-refractivity contribution is 7.98. The van der Waals surface area contributed by atoms with Crippen LogP contribution < -0.4 is 0 Å². The molecule has 0 aliphatic carbocycles. The van der Waals surface area contributed by atoms with Gasteiger partial charge in [0.1, 0.15) is 5.82 Å². The molecule has 1 heterocycles. The SMILES string of the molecule is CSc1nc(-c2ccc(Cl)cc2)c(-c2ccc(F)cc2)[nH]1. The molecule has 0 saturated carbocycles. The molecule has 0 radical (unpaired) electrons. The Morgan fingerprint density at radius 2 is 1.62 bits per heavy atom. The topological polar surface area (TPSA) is 28.7 Å². The fourth-order valence-corrected chi connectivity index (χ4v) is 2.60. The third-order valence-corrected chi connectivity index (χ3v) is 3.96. The lowest BCUT2D eigenvalue weighted by molar-refractivity contribution is 0.628. The van der Waals surface area contributed by atoms with E-state index in [0.717, 1.165) is 27.7 Å². The Morgan fingerprint density at radius 1 is 1.00 bits per heavy atom. The van der Waals surface area contributed by atoms with Crippen molar-refractivity contribution >= 4 is 23.4 Å². The lowest BCUT2D eigenvalue weighted by Crippen LogP contribution is -1.84. The van der Waals surface area contributed by atoms with Gasteiger partial charge in [0, 0.05) is 16.1 Å². The van der Waals surface area contributed by atoms with Crippen LogP contribution in [0.15, 0.2) is 53.7 Å². The fraction of sp³-hybridized carbons (Fsp3) is 0.0625. The molecule has 106 valence electrons. The number of rotatable bonds is 3. The minimum Gasteiger partial charge on any atom is -0.332 e. The van der Waals surface area contributed by atoms with E-state index in [1.165, 1.54) is 23.9 Å². The van der Waals surface area contributed by atoms with Crippen molar-refractivity contribution in [3.05, 3.63) is 59.4 Å². The third kappa shape index (κ3) is 2.96. The van der Waals surface area contributed by atoms with Gasteiger partial charge in [-0.15, -0.1) is 0 Å². The smallest absolute Gasteiger partial charge is 0.166 e. The van der Waals surface area contributed by atoms with Crippen molar-refractivity contribution in [3.63, 3.8) is 0 Å². The predicted molar refractivity (Wildman–Crippen MR) is 86.2 cm³/mol. The van der Waals surface area contributed by atoms with Crippen molar-refractivity contribution in [3.8, 4) is 22.5 Å². The molecule has 5 heteroatoms. The second-order valence-electron chi connectivity index (χ2n) is 4.48. The van der Waals surface area contributed by atoms with E-state index in [9.17, 15) is 4.39 Å². The zero-order chi connectivity index (χ0) is 14.8. The Morgan fingerprint density at radius 3 is 2.24 bits per heavy atom. The van der Waals surface area contributed by atoms with Crippen LogP contribution in [0.2, 0.25) is 5.02 Å². The summed E-state index contributed by atoms with van der Waals surface area (Å²) in [7, 11) is 0. The molecule has 0 bridgehead atoms. The lowest BCUT2D eigenvalue weighted by Gasteiger charge is -2.03. The van der Waals surface area contributed by atoms with Gasteiger partial charge in [0.2, 0.25) is 0 Å². The normalized spacial score (nSPS) is 10.8. The molecule has 3 rings (SSSR count). The highest BCUT2D eigenvalue weighted by Gasteiger charge is 2.13. The Bertz CT molecular complexity index is 688. The fourth-order valence-electron chi connectivity index (χ4n) is 2.09. The van der Waals surface area contributed by atoms with Crippen LogP contribution in [-0.2, 0) is 0 Å². The molecule has 1 N–H and O–H groups in total. The monoisotopic (exact) mass is 318 g/mol. The Labute approximate surface area is 131 Å². The highest BCUT2D eigenvalue weighted by atomic mass is 35.5. The first-order chi connectivity index (χ1) is 10.2. The Balaban J connectivity index is 2.13. The van der Waals surface area contributed by atoms with E-state index >= 15 is 0 Å². The molecular weight excluding hydrogens is 307 g/mol. The predicted octanol–water partition coefficient (Wildman–Crippen LogP) is 5.26. The molecule has 0 aliphatic rings. The van der Waals surface area contributed by atoms with Gasteiger partial charge < -0.3 is 4.98 Å². The van der Waals surface area contributed by atoms with Gasteiger partial charge in [-0.1, -0.05) is 35.5 Å². The first-order valence-electron chi connectivity index (χ1n) is 6.33. The van der Waals surface area contributed by atoms with E-state index in [1.807, 2.05) is 30.5 Å². The van der Waals surface area contributed by atoms with Crippen molar-refractivity contribution in [2.45, 2.75) is 5.16 Å². The van der Waals surface area contributed by atoms with Crippen LogP contribution in [0, 0.1) is 5.82 Å². The molecule has 0 fully saturated rings. The second kappa shape index (κ2) is 5.92. The molecule has 21 heavy (non-hydrogen) atoms. The molecule has 2 nitrogen and oxygen atoms in total. The van der Waals surface area contributed by atoms with Gasteiger partial charge in [0.15, 0.2) is 5.16 Å². The first-order valence-corrected chi connectivity index (χ1v) is 7.93. The number of thioether (sulfide) groups is 1. The van der Waals surface area contributed by atoms with Crippen molar-refractivity contribution < 1.29 is 4.39 Å². The summed E-state index contributed by atoms with van der Waals surface area (Å²) in [6, 6.07) is 13.9. The summed E-state index contributed by atoms with van der Waals surface area (Å²) in [5, 5.41) is 1.50. The molecule has 3 aromatic rings. The van der Waals surface area contributed by atoms with Crippen LogP contribution in [0.5, 0.6) is 0 Å². The number of aromatic nitrogens is 2. The summed E-state index contributed by atoms with van der Waals surface area (Å²) in [6.45, 7) is 0. The van der Waals surface area contributed by atoms with Gasteiger partial charge in [-0.05, 0) is 42.7 Å². The van der Waals surface area contributed by atoms with Gasteiger partial charge in [0.25, 0.3) is 0 Å². The molecule has 0 saturated heterocycles.